The molecule has 4 aromatic rings. The molecule has 0 aromatic heterocycles. The third kappa shape index (κ3) is 7.81. The van der Waals surface area contributed by atoms with Crippen LogP contribution < -0.4 is 16.0 Å². The second kappa shape index (κ2) is 12.6. The summed E-state index contributed by atoms with van der Waals surface area (Å²) in [6, 6.07) is 33.6. The third-order valence-corrected chi connectivity index (χ3v) is 6.64. The summed E-state index contributed by atoms with van der Waals surface area (Å²) in [5, 5.41) is 8.11. The van der Waals surface area contributed by atoms with E-state index in [-0.39, 0.29) is 24.1 Å². The summed E-state index contributed by atoms with van der Waals surface area (Å²) in [6.45, 7) is 1.45. The molecule has 4 aromatic carbocycles. The molecule has 0 aliphatic carbocycles. The summed E-state index contributed by atoms with van der Waals surface area (Å²) in [4.78, 5) is 38.0. The molecule has 6 nitrogen and oxygen atoms in total. The van der Waals surface area contributed by atoms with Gasteiger partial charge in [0.1, 0.15) is 5.25 Å². The van der Waals surface area contributed by atoms with Crippen molar-refractivity contribution in [1.29, 1.82) is 0 Å². The average Bonchev–Trinajstić information content (AvgIpc) is 2.89. The average molecular weight is 510 g/mol. The largest absolute Gasteiger partial charge is 0.326 e. The molecular formula is C30H27N3O3S. The van der Waals surface area contributed by atoms with Crippen molar-refractivity contribution in [2.75, 3.05) is 16.0 Å². The predicted octanol–water partition coefficient (Wildman–Crippen LogP) is 6.30. The Morgan fingerprint density at radius 1 is 0.676 bits per heavy atom. The van der Waals surface area contributed by atoms with E-state index in [0.717, 1.165) is 16.0 Å². The van der Waals surface area contributed by atoms with Gasteiger partial charge in [0.25, 0.3) is 0 Å². The number of hydrogen-bond acceptors (Lipinski definition) is 4. The molecule has 186 valence electrons. The summed E-state index contributed by atoms with van der Waals surface area (Å²) in [6.07, 6.45) is 0.286. The fourth-order valence-corrected chi connectivity index (χ4v) is 4.80. The van der Waals surface area contributed by atoms with Crippen LogP contribution in [0, 0.1) is 0 Å². The van der Waals surface area contributed by atoms with E-state index in [1.165, 1.54) is 18.7 Å². The number of rotatable bonds is 9. The number of benzene rings is 4. The van der Waals surface area contributed by atoms with Gasteiger partial charge in [0.2, 0.25) is 17.7 Å². The normalized spacial score (nSPS) is 11.3. The van der Waals surface area contributed by atoms with Crippen LogP contribution in [0.2, 0.25) is 0 Å². The lowest BCUT2D eigenvalue weighted by Crippen LogP contribution is -2.19. The first kappa shape index (κ1) is 25.7. The van der Waals surface area contributed by atoms with Crippen LogP contribution >= 0.6 is 11.8 Å². The van der Waals surface area contributed by atoms with Crippen LogP contribution in [0.1, 0.15) is 23.3 Å². The zero-order valence-electron chi connectivity index (χ0n) is 20.3. The van der Waals surface area contributed by atoms with Crippen molar-refractivity contribution in [3.05, 3.63) is 120 Å². The molecule has 0 fully saturated rings. The van der Waals surface area contributed by atoms with Crippen molar-refractivity contribution in [1.82, 2.24) is 0 Å². The molecule has 3 N–H and O–H groups in total. The maximum absolute atomic E-state index is 13.4. The minimum atomic E-state index is -0.522. The second-order valence-corrected chi connectivity index (χ2v) is 9.57. The van der Waals surface area contributed by atoms with Crippen molar-refractivity contribution in [3.8, 4) is 0 Å². The topological polar surface area (TPSA) is 87.3 Å². The lowest BCUT2D eigenvalue weighted by atomic mass is 10.1. The highest BCUT2D eigenvalue weighted by Gasteiger charge is 2.22. The Kier molecular flexibility index (Phi) is 8.73. The van der Waals surface area contributed by atoms with Crippen molar-refractivity contribution < 1.29 is 14.4 Å². The fraction of sp³-hybridized carbons (Fsp3) is 0.100. The molecule has 1 atom stereocenters. The van der Waals surface area contributed by atoms with Crippen LogP contribution in [0.25, 0.3) is 0 Å². The van der Waals surface area contributed by atoms with Crippen LogP contribution in [-0.2, 0) is 20.8 Å². The fourth-order valence-electron chi connectivity index (χ4n) is 3.72. The first-order valence-electron chi connectivity index (χ1n) is 11.8. The van der Waals surface area contributed by atoms with E-state index in [0.29, 0.717) is 17.1 Å². The molecule has 0 radical (unpaired) electrons. The minimum Gasteiger partial charge on any atom is -0.326 e. The molecule has 37 heavy (non-hydrogen) atoms. The Balaban J connectivity index is 1.47. The molecule has 4 rings (SSSR count). The molecule has 0 bridgehead atoms. The van der Waals surface area contributed by atoms with Gasteiger partial charge >= 0.3 is 0 Å². The smallest absolute Gasteiger partial charge is 0.242 e. The van der Waals surface area contributed by atoms with Crippen molar-refractivity contribution >= 4 is 46.5 Å². The van der Waals surface area contributed by atoms with E-state index in [9.17, 15) is 14.4 Å². The van der Waals surface area contributed by atoms with E-state index >= 15 is 0 Å². The Hall–Kier alpha value is -4.36. The SMILES string of the molecule is CC(=O)Nc1ccc(NC(=O)C(Sc2cccc(NC(=O)Cc3ccccc3)c2)c2ccccc2)cc1. The zero-order chi connectivity index (χ0) is 26.0. The minimum absolute atomic E-state index is 0.103. The van der Waals surface area contributed by atoms with Crippen LogP contribution in [0.15, 0.2) is 114 Å². The molecule has 0 aliphatic rings. The Morgan fingerprint density at radius 3 is 1.95 bits per heavy atom. The van der Waals surface area contributed by atoms with Gasteiger partial charge in [-0.1, -0.05) is 66.7 Å². The number of carbonyl (C=O) groups excluding carboxylic acids is 3. The summed E-state index contributed by atoms with van der Waals surface area (Å²) >= 11 is 1.41. The van der Waals surface area contributed by atoms with Gasteiger partial charge in [0.15, 0.2) is 0 Å². The molecule has 0 aliphatic heterocycles. The Labute approximate surface area is 220 Å². The van der Waals surface area contributed by atoms with E-state index in [1.807, 2.05) is 84.9 Å². The summed E-state index contributed by atoms with van der Waals surface area (Å²) in [5.41, 5.74) is 3.76. The zero-order valence-corrected chi connectivity index (χ0v) is 21.1. The highest BCUT2D eigenvalue weighted by atomic mass is 32.2. The second-order valence-electron chi connectivity index (χ2n) is 8.39. The van der Waals surface area contributed by atoms with Crippen LogP contribution in [0.3, 0.4) is 0 Å². The lowest BCUT2D eigenvalue weighted by Gasteiger charge is -2.18. The van der Waals surface area contributed by atoms with E-state index in [2.05, 4.69) is 16.0 Å². The van der Waals surface area contributed by atoms with Gasteiger partial charge in [-0.25, -0.2) is 0 Å². The van der Waals surface area contributed by atoms with Crippen molar-refractivity contribution in [3.63, 3.8) is 0 Å². The Bertz CT molecular complexity index is 1360. The number of thioether (sulfide) groups is 1. The summed E-state index contributed by atoms with van der Waals surface area (Å²) in [5.74, 6) is -0.439. The predicted molar refractivity (Wildman–Crippen MR) is 150 cm³/mol. The quantitative estimate of drug-likeness (QED) is 0.231. The van der Waals surface area contributed by atoms with E-state index < -0.39 is 5.25 Å². The maximum atomic E-state index is 13.4. The van der Waals surface area contributed by atoms with Crippen molar-refractivity contribution in [2.45, 2.75) is 23.5 Å². The van der Waals surface area contributed by atoms with Gasteiger partial charge in [0.05, 0.1) is 6.42 Å². The van der Waals surface area contributed by atoms with Gasteiger partial charge in [-0.3, -0.25) is 14.4 Å². The molecule has 0 saturated heterocycles. The number of amides is 3. The summed E-state index contributed by atoms with van der Waals surface area (Å²) < 4.78 is 0. The first-order chi connectivity index (χ1) is 18.0. The lowest BCUT2D eigenvalue weighted by molar-refractivity contribution is -0.116. The first-order valence-corrected chi connectivity index (χ1v) is 12.7. The summed E-state index contributed by atoms with van der Waals surface area (Å²) in [7, 11) is 0. The number of carbonyl (C=O) groups is 3. The van der Waals surface area contributed by atoms with E-state index in [4.69, 9.17) is 0 Å². The molecule has 1 unspecified atom stereocenters. The van der Waals surface area contributed by atoms with Gasteiger partial charge < -0.3 is 16.0 Å². The molecule has 3 amide bonds. The van der Waals surface area contributed by atoms with Gasteiger partial charge in [0, 0.05) is 28.9 Å². The van der Waals surface area contributed by atoms with Gasteiger partial charge in [-0.2, -0.15) is 0 Å². The maximum Gasteiger partial charge on any atom is 0.242 e. The van der Waals surface area contributed by atoms with Crippen molar-refractivity contribution in [2.24, 2.45) is 0 Å². The number of hydrogen-bond donors (Lipinski definition) is 3. The molecular weight excluding hydrogens is 482 g/mol. The van der Waals surface area contributed by atoms with Gasteiger partial charge in [-0.15, -0.1) is 11.8 Å². The highest BCUT2D eigenvalue weighted by molar-refractivity contribution is 8.00. The van der Waals surface area contributed by atoms with Gasteiger partial charge in [-0.05, 0) is 53.6 Å². The third-order valence-electron chi connectivity index (χ3n) is 5.39. The Morgan fingerprint density at radius 2 is 1.30 bits per heavy atom. The van der Waals surface area contributed by atoms with E-state index in [1.54, 1.807) is 24.3 Å². The molecule has 0 spiro atoms. The number of nitrogens with one attached hydrogen (secondary N) is 3. The highest BCUT2D eigenvalue weighted by Crippen LogP contribution is 2.37. The number of anilines is 3. The van der Waals surface area contributed by atoms with Crippen LogP contribution in [0.4, 0.5) is 17.1 Å². The molecule has 0 heterocycles. The standard InChI is InChI=1S/C30H27N3O3S/c1-21(34)31-24-15-17-25(18-16-24)33-30(36)29(23-11-6-3-7-12-23)37-27-14-8-13-26(20-27)32-28(35)19-22-9-4-2-5-10-22/h2-18,20,29H,19H2,1H3,(H,31,34)(H,32,35)(H,33,36). The molecule has 7 heteroatoms. The van der Waals surface area contributed by atoms with Crippen LogP contribution in [-0.4, -0.2) is 17.7 Å². The van der Waals surface area contributed by atoms with Crippen LogP contribution in [0.5, 0.6) is 0 Å². The monoisotopic (exact) mass is 509 g/mol. The molecule has 0 saturated carbocycles.